The second-order valence-corrected chi connectivity index (χ2v) is 10.8. The molecule has 0 bridgehead atoms. The van der Waals surface area contributed by atoms with Gasteiger partial charge in [-0.3, -0.25) is 4.90 Å². The third-order valence-electron chi connectivity index (χ3n) is 6.40. The quantitative estimate of drug-likeness (QED) is 0.385. The molecule has 5 nitrogen and oxygen atoms in total. The predicted octanol–water partition coefficient (Wildman–Crippen LogP) is 5.47. The molecule has 3 heterocycles. The van der Waals surface area contributed by atoms with Gasteiger partial charge in [-0.15, -0.1) is 11.3 Å². The van der Waals surface area contributed by atoms with Crippen LogP contribution in [0.15, 0.2) is 28.6 Å². The van der Waals surface area contributed by atoms with Crippen LogP contribution in [0.1, 0.15) is 44.3 Å². The molecule has 8 heteroatoms. The molecule has 1 saturated carbocycles. The summed E-state index contributed by atoms with van der Waals surface area (Å²) >= 11 is 9.23. The molecule has 2 aromatic heterocycles. The molecule has 0 unspecified atom stereocenters. The van der Waals surface area contributed by atoms with E-state index in [-0.39, 0.29) is 0 Å². The Morgan fingerprint density at radius 3 is 2.90 bits per heavy atom. The van der Waals surface area contributed by atoms with Crippen molar-refractivity contribution in [3.05, 3.63) is 34.9 Å². The topological polar surface area (TPSA) is 38.9 Å². The van der Waals surface area contributed by atoms with Crippen molar-refractivity contribution in [3.8, 4) is 0 Å². The molecular formula is C21H27N5S3. The Kier molecular flexibility index (Phi) is 5.78. The van der Waals surface area contributed by atoms with Crippen LogP contribution >= 0.6 is 35.3 Å². The number of thioether (sulfide) groups is 1. The molecule has 1 aromatic carbocycles. The highest BCUT2D eigenvalue weighted by atomic mass is 32.2. The smallest absolute Gasteiger partial charge is 0.198 e. The van der Waals surface area contributed by atoms with Crippen LogP contribution in [-0.2, 0) is 19.5 Å². The molecule has 2 fully saturated rings. The highest BCUT2D eigenvalue weighted by Crippen LogP contribution is 2.35. The largest absolute Gasteiger partial charge is 0.306 e. The van der Waals surface area contributed by atoms with Crippen LogP contribution < -0.4 is 0 Å². The summed E-state index contributed by atoms with van der Waals surface area (Å²) in [4.78, 5) is 7.37. The number of benzene rings is 1. The zero-order chi connectivity index (χ0) is 19.8. The molecule has 29 heavy (non-hydrogen) atoms. The van der Waals surface area contributed by atoms with Gasteiger partial charge in [-0.2, -0.15) is 5.10 Å². The van der Waals surface area contributed by atoms with Gasteiger partial charge >= 0.3 is 0 Å². The van der Waals surface area contributed by atoms with E-state index in [0.29, 0.717) is 0 Å². The standard InChI is InChI=1S/C21H27N5S3/c1-24-19(13-28-20-22-16-9-3-5-11-18(16)29-20)23-26(21(24)27)14-25-12-6-8-15-7-2-4-10-17(15)25/h3,5,9,11,15,17H,2,4,6-8,10,12-14H2,1H3/t15-,17-/m1/s1. The molecule has 5 rings (SSSR count). The fraction of sp³-hybridized carbons (Fsp3) is 0.571. The molecule has 0 radical (unpaired) electrons. The second kappa shape index (κ2) is 8.49. The second-order valence-electron chi connectivity index (χ2n) is 8.20. The first-order valence-corrected chi connectivity index (χ1v) is 12.8. The summed E-state index contributed by atoms with van der Waals surface area (Å²) in [5.41, 5.74) is 1.07. The summed E-state index contributed by atoms with van der Waals surface area (Å²) in [6.45, 7) is 2.01. The first-order chi connectivity index (χ1) is 14.2. The highest BCUT2D eigenvalue weighted by Gasteiger charge is 2.33. The van der Waals surface area contributed by atoms with Crippen molar-refractivity contribution < 1.29 is 0 Å². The van der Waals surface area contributed by atoms with Gasteiger partial charge in [0.2, 0.25) is 0 Å². The lowest BCUT2D eigenvalue weighted by Crippen LogP contribution is -2.47. The van der Waals surface area contributed by atoms with E-state index in [1.165, 1.54) is 49.8 Å². The molecule has 1 saturated heterocycles. The SMILES string of the molecule is Cn1c(CSc2nc3ccccc3s2)nn(CN2CCC[C@H]3CCCC[C@H]32)c1=S. The average molecular weight is 446 g/mol. The Labute approximate surface area is 185 Å². The lowest BCUT2D eigenvalue weighted by atomic mass is 9.78. The number of aromatic nitrogens is 4. The van der Waals surface area contributed by atoms with E-state index in [4.69, 9.17) is 22.3 Å². The Morgan fingerprint density at radius 1 is 1.17 bits per heavy atom. The number of rotatable bonds is 5. The normalized spacial score (nSPS) is 22.8. The molecule has 0 N–H and O–H groups in total. The molecule has 2 aliphatic rings. The van der Waals surface area contributed by atoms with Gasteiger partial charge in [0.1, 0.15) is 5.82 Å². The third-order valence-corrected chi connectivity index (χ3v) is 9.06. The average Bonchev–Trinajstić information content (AvgIpc) is 3.28. The van der Waals surface area contributed by atoms with E-state index in [2.05, 4.69) is 27.7 Å². The van der Waals surface area contributed by atoms with E-state index in [9.17, 15) is 0 Å². The first-order valence-electron chi connectivity index (χ1n) is 10.5. The van der Waals surface area contributed by atoms with Gasteiger partial charge in [0.25, 0.3) is 0 Å². The van der Waals surface area contributed by atoms with E-state index < -0.39 is 0 Å². The summed E-state index contributed by atoms with van der Waals surface area (Å²) in [5.74, 6) is 2.69. The Bertz CT molecular complexity index is 1020. The van der Waals surface area contributed by atoms with Gasteiger partial charge in [-0.25, -0.2) is 9.67 Å². The Balaban J connectivity index is 1.30. The fourth-order valence-electron chi connectivity index (χ4n) is 4.87. The number of nitrogens with zero attached hydrogens (tertiary/aromatic N) is 5. The molecule has 2 atom stereocenters. The molecule has 1 aliphatic carbocycles. The maximum Gasteiger partial charge on any atom is 0.198 e. The van der Waals surface area contributed by atoms with Crippen LogP contribution in [0, 0.1) is 10.7 Å². The minimum Gasteiger partial charge on any atom is -0.306 e. The maximum atomic E-state index is 5.73. The van der Waals surface area contributed by atoms with Crippen molar-refractivity contribution in [3.63, 3.8) is 0 Å². The Morgan fingerprint density at radius 2 is 2.00 bits per heavy atom. The number of para-hydroxylation sites is 1. The summed E-state index contributed by atoms with van der Waals surface area (Å²) < 4.78 is 7.26. The summed E-state index contributed by atoms with van der Waals surface area (Å²) in [5, 5.41) is 4.90. The van der Waals surface area contributed by atoms with Crippen LogP contribution in [0.4, 0.5) is 0 Å². The van der Waals surface area contributed by atoms with E-state index >= 15 is 0 Å². The van der Waals surface area contributed by atoms with Crippen molar-refractivity contribution >= 4 is 45.5 Å². The number of piperidine rings is 1. The lowest BCUT2D eigenvalue weighted by Gasteiger charge is -2.43. The van der Waals surface area contributed by atoms with Crippen molar-refractivity contribution in [1.82, 2.24) is 24.2 Å². The molecule has 1 aliphatic heterocycles. The summed E-state index contributed by atoms with van der Waals surface area (Å²) in [7, 11) is 2.04. The van der Waals surface area contributed by atoms with Gasteiger partial charge in [0, 0.05) is 19.6 Å². The molecular weight excluding hydrogens is 418 g/mol. The van der Waals surface area contributed by atoms with Crippen LogP contribution in [0.3, 0.4) is 0 Å². The van der Waals surface area contributed by atoms with Crippen LogP contribution in [0.2, 0.25) is 0 Å². The minimum atomic E-state index is 0.724. The number of likely N-dealkylation sites (tertiary alicyclic amines) is 1. The van der Waals surface area contributed by atoms with E-state index in [1.54, 1.807) is 23.1 Å². The minimum absolute atomic E-state index is 0.724. The van der Waals surface area contributed by atoms with Gasteiger partial charge < -0.3 is 4.57 Å². The third kappa shape index (κ3) is 4.04. The monoisotopic (exact) mass is 445 g/mol. The number of hydrogen-bond acceptors (Lipinski definition) is 6. The molecule has 0 amide bonds. The van der Waals surface area contributed by atoms with Crippen LogP contribution in [-0.4, -0.2) is 36.8 Å². The zero-order valence-corrected chi connectivity index (χ0v) is 19.2. The molecule has 0 spiro atoms. The highest BCUT2D eigenvalue weighted by molar-refractivity contribution is 8.00. The summed E-state index contributed by atoms with van der Waals surface area (Å²) in [6, 6.07) is 9.03. The van der Waals surface area contributed by atoms with E-state index in [1.807, 2.05) is 17.8 Å². The van der Waals surface area contributed by atoms with Crippen molar-refractivity contribution in [1.29, 1.82) is 0 Å². The number of thiazole rings is 1. The molecule has 154 valence electrons. The first kappa shape index (κ1) is 19.7. The van der Waals surface area contributed by atoms with Gasteiger partial charge in [0.15, 0.2) is 9.11 Å². The van der Waals surface area contributed by atoms with Crippen LogP contribution in [0.5, 0.6) is 0 Å². The van der Waals surface area contributed by atoms with Crippen molar-refractivity contribution in [2.75, 3.05) is 6.54 Å². The van der Waals surface area contributed by atoms with Gasteiger partial charge in [-0.1, -0.05) is 36.7 Å². The van der Waals surface area contributed by atoms with Gasteiger partial charge in [0.05, 0.1) is 22.6 Å². The van der Waals surface area contributed by atoms with Crippen molar-refractivity contribution in [2.24, 2.45) is 13.0 Å². The van der Waals surface area contributed by atoms with Crippen molar-refractivity contribution in [2.45, 2.75) is 61.3 Å². The fourth-order valence-corrected chi connectivity index (χ4v) is 7.11. The number of fused-ring (bicyclic) bond motifs is 2. The van der Waals surface area contributed by atoms with Crippen LogP contribution in [0.25, 0.3) is 10.2 Å². The lowest BCUT2D eigenvalue weighted by molar-refractivity contribution is 0.0322. The van der Waals surface area contributed by atoms with E-state index in [0.717, 1.165) is 44.8 Å². The number of hydrogen-bond donors (Lipinski definition) is 0. The predicted molar refractivity (Wildman–Crippen MR) is 123 cm³/mol. The zero-order valence-electron chi connectivity index (χ0n) is 16.8. The van der Waals surface area contributed by atoms with Gasteiger partial charge in [-0.05, 0) is 56.0 Å². The molecule has 3 aromatic rings. The maximum absolute atomic E-state index is 5.73. The summed E-state index contributed by atoms with van der Waals surface area (Å²) in [6.07, 6.45) is 8.23. The Hall–Kier alpha value is -1.22.